The Hall–Kier alpha value is -0.670. The number of benzene rings is 1. The summed E-state index contributed by atoms with van der Waals surface area (Å²) in [5.74, 6) is 1.73. The fourth-order valence-corrected chi connectivity index (χ4v) is 3.09. The molecule has 0 aliphatic heterocycles. The van der Waals surface area contributed by atoms with E-state index in [-0.39, 0.29) is 12.4 Å². The smallest absolute Gasteiger partial charge is 0.134 e. The Balaban J connectivity index is 0.00000288. The predicted molar refractivity (Wildman–Crippen MR) is 106 cm³/mol. The van der Waals surface area contributed by atoms with E-state index in [4.69, 9.17) is 27.6 Å². The topological polar surface area (TPSA) is 25.2 Å². The summed E-state index contributed by atoms with van der Waals surface area (Å²) in [6, 6.07) is 9.40. The number of rotatable bonds is 10. The Labute approximate surface area is 161 Å². The highest BCUT2D eigenvalue weighted by molar-refractivity contribution is 6.35. The standard InChI is InChI=1S/C19H25Cl2NO.ClH/c1-2-3-4-5-6-7-10-22-14-18-8-9-19(23-18)15-11-16(20)13-17(21)12-15;/h8-9,11-13,22H,2-7,10,14H2,1H3;1H. The largest absolute Gasteiger partial charge is 0.460 e. The highest BCUT2D eigenvalue weighted by Crippen LogP contribution is 2.28. The molecule has 1 aromatic heterocycles. The molecule has 0 spiro atoms. The summed E-state index contributed by atoms with van der Waals surface area (Å²) >= 11 is 12.1. The SMILES string of the molecule is CCCCCCCCNCc1ccc(-c2cc(Cl)cc(Cl)c2)o1.Cl. The second-order valence-corrected chi connectivity index (χ2v) is 6.74. The fraction of sp³-hybridized carbons (Fsp3) is 0.474. The molecule has 24 heavy (non-hydrogen) atoms. The van der Waals surface area contributed by atoms with Crippen LogP contribution in [0.4, 0.5) is 0 Å². The van der Waals surface area contributed by atoms with Crippen molar-refractivity contribution >= 4 is 35.6 Å². The Morgan fingerprint density at radius 2 is 1.58 bits per heavy atom. The summed E-state index contributed by atoms with van der Waals surface area (Å²) in [5.41, 5.74) is 0.907. The van der Waals surface area contributed by atoms with Crippen LogP contribution in [0.2, 0.25) is 10.0 Å². The van der Waals surface area contributed by atoms with E-state index in [1.165, 1.54) is 38.5 Å². The lowest BCUT2D eigenvalue weighted by Crippen LogP contribution is -2.14. The van der Waals surface area contributed by atoms with Crippen LogP contribution in [-0.4, -0.2) is 6.54 Å². The van der Waals surface area contributed by atoms with E-state index in [1.807, 2.05) is 24.3 Å². The summed E-state index contributed by atoms with van der Waals surface area (Å²) in [6.07, 6.45) is 7.89. The maximum absolute atomic E-state index is 6.03. The number of unbranched alkanes of at least 4 members (excludes halogenated alkanes) is 5. The molecule has 0 fully saturated rings. The van der Waals surface area contributed by atoms with Gasteiger partial charge in [-0.05, 0) is 43.3 Å². The third-order valence-electron chi connectivity index (χ3n) is 3.82. The van der Waals surface area contributed by atoms with Crippen LogP contribution < -0.4 is 5.32 Å². The summed E-state index contributed by atoms with van der Waals surface area (Å²) in [7, 11) is 0. The molecule has 2 aromatic rings. The lowest BCUT2D eigenvalue weighted by atomic mass is 10.1. The van der Waals surface area contributed by atoms with Gasteiger partial charge in [0, 0.05) is 15.6 Å². The Kier molecular flexibility index (Phi) is 10.5. The van der Waals surface area contributed by atoms with Crippen LogP contribution in [0, 0.1) is 0 Å². The Morgan fingerprint density at radius 3 is 2.29 bits per heavy atom. The van der Waals surface area contributed by atoms with Gasteiger partial charge in [0.25, 0.3) is 0 Å². The molecule has 5 heteroatoms. The summed E-state index contributed by atoms with van der Waals surface area (Å²) in [6.45, 7) is 4.03. The minimum atomic E-state index is 0. The Bertz CT molecular complexity index is 578. The summed E-state index contributed by atoms with van der Waals surface area (Å²) in [4.78, 5) is 0. The van der Waals surface area contributed by atoms with Gasteiger partial charge in [-0.15, -0.1) is 12.4 Å². The van der Waals surface area contributed by atoms with Gasteiger partial charge in [0.2, 0.25) is 0 Å². The molecule has 1 heterocycles. The second kappa shape index (κ2) is 11.8. The van der Waals surface area contributed by atoms with Crippen LogP contribution in [0.15, 0.2) is 34.7 Å². The first-order valence-electron chi connectivity index (χ1n) is 8.45. The second-order valence-electron chi connectivity index (χ2n) is 5.87. The first-order valence-corrected chi connectivity index (χ1v) is 9.20. The monoisotopic (exact) mass is 389 g/mol. The van der Waals surface area contributed by atoms with Crippen molar-refractivity contribution in [2.75, 3.05) is 6.54 Å². The zero-order valence-electron chi connectivity index (χ0n) is 14.1. The molecule has 0 radical (unpaired) electrons. The molecule has 0 atom stereocenters. The molecule has 0 amide bonds. The highest BCUT2D eigenvalue weighted by Gasteiger charge is 2.06. The van der Waals surface area contributed by atoms with Gasteiger partial charge >= 0.3 is 0 Å². The lowest BCUT2D eigenvalue weighted by molar-refractivity contribution is 0.485. The Morgan fingerprint density at radius 1 is 0.917 bits per heavy atom. The van der Waals surface area contributed by atoms with Gasteiger partial charge < -0.3 is 9.73 Å². The molecule has 0 saturated carbocycles. The van der Waals surface area contributed by atoms with Crippen molar-refractivity contribution in [2.45, 2.75) is 52.0 Å². The van der Waals surface area contributed by atoms with Crippen molar-refractivity contribution in [3.8, 4) is 11.3 Å². The van der Waals surface area contributed by atoms with Crippen molar-refractivity contribution in [2.24, 2.45) is 0 Å². The number of halogens is 3. The van der Waals surface area contributed by atoms with Gasteiger partial charge in [0.1, 0.15) is 11.5 Å². The number of hydrogen-bond acceptors (Lipinski definition) is 2. The highest BCUT2D eigenvalue weighted by atomic mass is 35.5. The van der Waals surface area contributed by atoms with Crippen molar-refractivity contribution < 1.29 is 4.42 Å². The van der Waals surface area contributed by atoms with Gasteiger partial charge in [0.15, 0.2) is 0 Å². The van der Waals surface area contributed by atoms with Crippen LogP contribution in [0.25, 0.3) is 11.3 Å². The molecule has 1 N–H and O–H groups in total. The first-order chi connectivity index (χ1) is 11.2. The number of hydrogen-bond donors (Lipinski definition) is 1. The van der Waals surface area contributed by atoms with E-state index in [1.54, 1.807) is 6.07 Å². The van der Waals surface area contributed by atoms with Crippen LogP contribution in [0.5, 0.6) is 0 Å². The molecule has 2 nitrogen and oxygen atoms in total. The molecule has 1 aromatic carbocycles. The normalized spacial score (nSPS) is 10.6. The van der Waals surface area contributed by atoms with Crippen molar-refractivity contribution in [3.63, 3.8) is 0 Å². The third-order valence-corrected chi connectivity index (χ3v) is 4.25. The summed E-state index contributed by atoms with van der Waals surface area (Å²) < 4.78 is 5.86. The van der Waals surface area contributed by atoms with E-state index >= 15 is 0 Å². The molecule has 0 aliphatic carbocycles. The molecule has 0 unspecified atom stereocenters. The van der Waals surface area contributed by atoms with E-state index in [9.17, 15) is 0 Å². The number of furan rings is 1. The molecule has 134 valence electrons. The van der Waals surface area contributed by atoms with E-state index in [0.29, 0.717) is 10.0 Å². The van der Waals surface area contributed by atoms with Crippen LogP contribution in [0.3, 0.4) is 0 Å². The minimum Gasteiger partial charge on any atom is -0.460 e. The zero-order chi connectivity index (χ0) is 16.5. The van der Waals surface area contributed by atoms with Gasteiger partial charge in [0.05, 0.1) is 6.54 Å². The van der Waals surface area contributed by atoms with Crippen LogP contribution >= 0.6 is 35.6 Å². The van der Waals surface area contributed by atoms with Gasteiger partial charge in [-0.3, -0.25) is 0 Å². The van der Waals surface area contributed by atoms with Gasteiger partial charge in [-0.2, -0.15) is 0 Å². The fourth-order valence-electron chi connectivity index (χ4n) is 2.57. The average molecular weight is 391 g/mol. The summed E-state index contributed by atoms with van der Waals surface area (Å²) in [5, 5.41) is 4.67. The third kappa shape index (κ3) is 7.48. The van der Waals surface area contributed by atoms with Crippen molar-refractivity contribution in [3.05, 3.63) is 46.1 Å². The quantitative estimate of drug-likeness (QED) is 0.437. The van der Waals surface area contributed by atoms with E-state index < -0.39 is 0 Å². The first kappa shape index (κ1) is 21.4. The maximum atomic E-state index is 6.03. The van der Waals surface area contributed by atoms with E-state index in [2.05, 4.69) is 12.2 Å². The molecule has 0 bridgehead atoms. The minimum absolute atomic E-state index is 0. The predicted octanol–water partition coefficient (Wildman–Crippen LogP) is 7.13. The maximum Gasteiger partial charge on any atom is 0.134 e. The van der Waals surface area contributed by atoms with Crippen molar-refractivity contribution in [1.82, 2.24) is 5.32 Å². The molecular weight excluding hydrogens is 365 g/mol. The van der Waals surface area contributed by atoms with Crippen LogP contribution in [-0.2, 0) is 6.54 Å². The van der Waals surface area contributed by atoms with Crippen LogP contribution in [0.1, 0.15) is 51.2 Å². The molecule has 0 aliphatic rings. The van der Waals surface area contributed by atoms with Crippen molar-refractivity contribution in [1.29, 1.82) is 0 Å². The van der Waals surface area contributed by atoms with Gasteiger partial charge in [-0.1, -0.05) is 62.2 Å². The zero-order valence-corrected chi connectivity index (χ0v) is 16.4. The van der Waals surface area contributed by atoms with Gasteiger partial charge in [-0.25, -0.2) is 0 Å². The molecular formula is C19H26Cl3NO. The lowest BCUT2D eigenvalue weighted by Gasteiger charge is -2.03. The number of nitrogens with one attached hydrogen (secondary N) is 1. The average Bonchev–Trinajstić information content (AvgIpc) is 2.98. The molecule has 2 rings (SSSR count). The van der Waals surface area contributed by atoms with E-state index in [0.717, 1.165) is 30.2 Å². The molecule has 0 saturated heterocycles.